The molecular weight excluding hydrogens is 396 g/mol. The highest BCUT2D eigenvalue weighted by atomic mass is 32.1. The Labute approximate surface area is 180 Å². The van der Waals surface area contributed by atoms with Crippen LogP contribution < -0.4 is 5.32 Å². The number of anilines is 1. The Kier molecular flexibility index (Phi) is 6.13. The van der Waals surface area contributed by atoms with E-state index in [1.165, 1.54) is 0 Å². The molecule has 4 rings (SSSR count). The van der Waals surface area contributed by atoms with E-state index in [9.17, 15) is 9.59 Å². The smallest absolute Gasteiger partial charge is 0.310 e. The van der Waals surface area contributed by atoms with Crippen LogP contribution in [0, 0.1) is 19.8 Å². The minimum absolute atomic E-state index is 0.0609. The molecule has 0 aliphatic heterocycles. The molecule has 30 heavy (non-hydrogen) atoms. The van der Waals surface area contributed by atoms with Crippen LogP contribution in [0.2, 0.25) is 0 Å². The lowest BCUT2D eigenvalue weighted by Crippen LogP contribution is -2.30. The minimum atomic E-state index is -0.315. The molecule has 1 aliphatic rings. The number of hydrogen-bond donors (Lipinski definition) is 1. The average molecular weight is 423 g/mol. The van der Waals surface area contributed by atoms with E-state index in [0.29, 0.717) is 0 Å². The topological polar surface area (TPSA) is 68.3 Å². The molecule has 2 atom stereocenters. The Morgan fingerprint density at radius 3 is 2.73 bits per heavy atom. The van der Waals surface area contributed by atoms with Crippen LogP contribution in [-0.4, -0.2) is 23.5 Å². The molecule has 1 saturated carbocycles. The average Bonchev–Trinajstić information content (AvgIpc) is 3.19. The highest BCUT2D eigenvalue weighted by molar-refractivity contribution is 7.18. The van der Waals surface area contributed by atoms with Gasteiger partial charge in [-0.05, 0) is 56.0 Å². The number of aryl methyl sites for hydroxylation is 1. The zero-order valence-corrected chi connectivity index (χ0v) is 18.1. The van der Waals surface area contributed by atoms with E-state index in [2.05, 4.69) is 11.4 Å². The maximum absolute atomic E-state index is 12.8. The van der Waals surface area contributed by atoms with Crippen molar-refractivity contribution < 1.29 is 14.3 Å². The summed E-state index contributed by atoms with van der Waals surface area (Å²) in [7, 11) is 0. The fraction of sp³-hybridized carbons (Fsp3) is 0.375. The molecule has 0 radical (unpaired) electrons. The normalized spacial score (nSPS) is 18.9. The van der Waals surface area contributed by atoms with E-state index < -0.39 is 0 Å². The molecule has 1 heterocycles. The van der Waals surface area contributed by atoms with Gasteiger partial charge in [0.15, 0.2) is 6.61 Å². The summed E-state index contributed by atoms with van der Waals surface area (Å²) in [5, 5.41) is 3.84. The maximum atomic E-state index is 12.8. The quantitative estimate of drug-likeness (QED) is 0.561. The lowest BCUT2D eigenvalue weighted by molar-refractivity contribution is -0.153. The molecule has 1 aliphatic carbocycles. The minimum Gasteiger partial charge on any atom is -0.455 e. The first-order valence-corrected chi connectivity index (χ1v) is 11.2. The van der Waals surface area contributed by atoms with E-state index in [4.69, 9.17) is 9.72 Å². The highest BCUT2D eigenvalue weighted by Crippen LogP contribution is 2.41. The molecule has 1 N–H and O–H groups in total. The Balaban J connectivity index is 1.41. The van der Waals surface area contributed by atoms with Crippen LogP contribution in [-0.2, 0) is 14.3 Å². The Bertz CT molecular complexity index is 1040. The number of para-hydroxylation sites is 1. The molecule has 0 spiro atoms. The molecule has 6 heteroatoms. The van der Waals surface area contributed by atoms with Gasteiger partial charge in [-0.1, -0.05) is 37.1 Å². The van der Waals surface area contributed by atoms with Crippen molar-refractivity contribution in [3.8, 4) is 0 Å². The van der Waals surface area contributed by atoms with Gasteiger partial charge in [0.25, 0.3) is 5.91 Å². The third kappa shape index (κ3) is 4.38. The number of ether oxygens (including phenoxy) is 1. The predicted octanol–water partition coefficient (Wildman–Crippen LogP) is 5.37. The predicted molar refractivity (Wildman–Crippen MR) is 120 cm³/mol. The van der Waals surface area contributed by atoms with E-state index in [1.807, 2.05) is 50.2 Å². The summed E-state index contributed by atoms with van der Waals surface area (Å²) >= 11 is 1.66. The van der Waals surface area contributed by atoms with E-state index >= 15 is 0 Å². The van der Waals surface area contributed by atoms with Gasteiger partial charge in [0.05, 0.1) is 21.1 Å². The third-order valence-corrected chi connectivity index (χ3v) is 7.09. The molecular formula is C24H26N2O3S. The van der Waals surface area contributed by atoms with Crippen molar-refractivity contribution in [2.24, 2.45) is 5.92 Å². The molecule has 1 fully saturated rings. The molecule has 5 nitrogen and oxygen atoms in total. The number of rotatable bonds is 5. The second-order valence-corrected chi connectivity index (χ2v) is 8.98. The molecule has 0 bridgehead atoms. The zero-order chi connectivity index (χ0) is 21.1. The van der Waals surface area contributed by atoms with Crippen LogP contribution in [0.1, 0.15) is 47.7 Å². The lowest BCUT2D eigenvalue weighted by atomic mass is 9.79. The van der Waals surface area contributed by atoms with Crippen LogP contribution in [0.25, 0.3) is 10.2 Å². The van der Waals surface area contributed by atoms with Gasteiger partial charge in [0.2, 0.25) is 0 Å². The van der Waals surface area contributed by atoms with Crippen molar-refractivity contribution in [1.82, 2.24) is 4.98 Å². The van der Waals surface area contributed by atoms with E-state index in [1.54, 1.807) is 11.3 Å². The molecule has 1 aromatic heterocycles. The number of thiazole rings is 1. The van der Waals surface area contributed by atoms with Gasteiger partial charge >= 0.3 is 5.97 Å². The van der Waals surface area contributed by atoms with Crippen molar-refractivity contribution in [1.29, 1.82) is 0 Å². The van der Waals surface area contributed by atoms with Gasteiger partial charge in [-0.2, -0.15) is 0 Å². The van der Waals surface area contributed by atoms with Crippen LogP contribution in [0.4, 0.5) is 5.69 Å². The number of nitrogens with one attached hydrogen (secondary N) is 1. The maximum Gasteiger partial charge on any atom is 0.310 e. The lowest BCUT2D eigenvalue weighted by Gasteiger charge is -2.28. The summed E-state index contributed by atoms with van der Waals surface area (Å²) in [6.45, 7) is 3.69. The first-order chi connectivity index (χ1) is 14.5. The number of aromatic nitrogens is 1. The monoisotopic (exact) mass is 422 g/mol. The molecule has 2 aromatic carbocycles. The molecule has 156 valence electrons. The summed E-state index contributed by atoms with van der Waals surface area (Å²) in [5.41, 5.74) is 3.84. The molecule has 1 amide bonds. The van der Waals surface area contributed by atoms with Crippen molar-refractivity contribution in [3.05, 3.63) is 58.6 Å². The van der Waals surface area contributed by atoms with Crippen molar-refractivity contribution in [2.45, 2.75) is 45.4 Å². The number of nitrogens with zero attached hydrogens (tertiary/aromatic N) is 1. The second kappa shape index (κ2) is 8.96. The Hall–Kier alpha value is -2.73. The number of amides is 1. The summed E-state index contributed by atoms with van der Waals surface area (Å²) in [6, 6.07) is 13.8. The first kappa shape index (κ1) is 20.5. The molecule has 0 saturated heterocycles. The van der Waals surface area contributed by atoms with Crippen molar-refractivity contribution in [2.75, 3.05) is 11.9 Å². The Morgan fingerprint density at radius 2 is 1.90 bits per heavy atom. The van der Waals surface area contributed by atoms with E-state index in [0.717, 1.165) is 57.7 Å². The van der Waals surface area contributed by atoms with E-state index in [-0.39, 0.29) is 30.3 Å². The standard InChI is InChI=1S/C24H26N2O3S/c1-15-8-7-12-19(16(15)2)25-22(27)14-29-24(28)18-10-4-3-9-17(18)23-26-20-11-5-6-13-21(20)30-23/h5-8,11-13,17-18H,3-4,9-10,14H2,1-2H3,(H,25,27)/t17-,18+/m1/s1. The summed E-state index contributed by atoms with van der Waals surface area (Å²) < 4.78 is 6.57. The number of hydrogen-bond acceptors (Lipinski definition) is 5. The Morgan fingerprint density at radius 1 is 1.10 bits per heavy atom. The summed E-state index contributed by atoms with van der Waals surface area (Å²) in [4.78, 5) is 30.0. The van der Waals surface area contributed by atoms with Gasteiger partial charge in [0.1, 0.15) is 0 Å². The largest absolute Gasteiger partial charge is 0.455 e. The van der Waals surface area contributed by atoms with Gasteiger partial charge in [-0.3, -0.25) is 9.59 Å². The third-order valence-electron chi connectivity index (χ3n) is 5.92. The fourth-order valence-electron chi connectivity index (χ4n) is 4.07. The van der Waals surface area contributed by atoms with Crippen LogP contribution in [0.5, 0.6) is 0 Å². The van der Waals surface area contributed by atoms with Crippen molar-refractivity contribution in [3.63, 3.8) is 0 Å². The number of carbonyl (C=O) groups is 2. The fourth-order valence-corrected chi connectivity index (χ4v) is 5.24. The number of benzene rings is 2. The molecule has 3 aromatic rings. The van der Waals surface area contributed by atoms with Crippen LogP contribution in [0.15, 0.2) is 42.5 Å². The van der Waals surface area contributed by atoms with Crippen molar-refractivity contribution >= 4 is 39.1 Å². The van der Waals surface area contributed by atoms with Crippen LogP contribution in [0.3, 0.4) is 0 Å². The van der Waals surface area contributed by atoms with Gasteiger partial charge in [0, 0.05) is 11.6 Å². The summed E-state index contributed by atoms with van der Waals surface area (Å²) in [5.74, 6) is -0.794. The van der Waals surface area contributed by atoms with Crippen LogP contribution >= 0.6 is 11.3 Å². The SMILES string of the molecule is Cc1cccc(NC(=O)COC(=O)[C@H]2CCCC[C@H]2c2nc3ccccc3s2)c1C. The highest BCUT2D eigenvalue weighted by Gasteiger charge is 2.35. The zero-order valence-electron chi connectivity index (χ0n) is 17.3. The number of fused-ring (bicyclic) bond motifs is 1. The first-order valence-electron chi connectivity index (χ1n) is 10.4. The van der Waals surface area contributed by atoms with Gasteiger partial charge < -0.3 is 10.1 Å². The number of carbonyl (C=O) groups excluding carboxylic acids is 2. The van der Waals surface area contributed by atoms with Gasteiger partial charge in [-0.15, -0.1) is 11.3 Å². The summed E-state index contributed by atoms with van der Waals surface area (Å²) in [6.07, 6.45) is 3.78. The molecule has 0 unspecified atom stereocenters. The number of esters is 1. The van der Waals surface area contributed by atoms with Gasteiger partial charge in [-0.25, -0.2) is 4.98 Å². The second-order valence-electron chi connectivity index (χ2n) is 7.92.